The van der Waals surface area contributed by atoms with Crippen LogP contribution in [0.25, 0.3) is 5.69 Å². The van der Waals surface area contributed by atoms with E-state index in [0.717, 1.165) is 10.2 Å². The number of hydrogen-bond donors (Lipinski definition) is 2. The third-order valence-electron chi connectivity index (χ3n) is 4.20. The van der Waals surface area contributed by atoms with Gasteiger partial charge in [0, 0.05) is 6.42 Å². The smallest absolute Gasteiger partial charge is 0.349 e. The van der Waals surface area contributed by atoms with Crippen molar-refractivity contribution in [3.8, 4) is 23.3 Å². The highest BCUT2D eigenvalue weighted by atomic mass is 35.5. The van der Waals surface area contributed by atoms with Crippen LogP contribution in [-0.4, -0.2) is 25.7 Å². The summed E-state index contributed by atoms with van der Waals surface area (Å²) in [4.78, 5) is 41.2. The maximum atomic E-state index is 12.0. The number of anilines is 1. The number of halogens is 2. The number of nitrogens with one attached hydrogen (secondary N) is 2. The van der Waals surface area contributed by atoms with Crippen LogP contribution in [0.1, 0.15) is 17.7 Å². The second-order valence-corrected chi connectivity index (χ2v) is 7.01. The van der Waals surface area contributed by atoms with E-state index in [1.807, 2.05) is 4.98 Å². The van der Waals surface area contributed by atoms with Gasteiger partial charge in [0.15, 0.2) is 5.75 Å². The highest BCUT2D eigenvalue weighted by Gasteiger charge is 2.19. The second-order valence-electron chi connectivity index (χ2n) is 6.20. The molecule has 0 aliphatic carbocycles. The summed E-state index contributed by atoms with van der Waals surface area (Å²) in [6, 6.07) is 6.01. The lowest BCUT2D eigenvalue weighted by molar-refractivity contribution is -0.116. The number of aromatic amines is 1. The summed E-state index contributed by atoms with van der Waals surface area (Å²) in [5.74, 6) is 0.841. The number of aryl methyl sites for hydroxylation is 1. The van der Waals surface area contributed by atoms with Gasteiger partial charge in [0.25, 0.3) is 5.56 Å². The Morgan fingerprint density at radius 3 is 2.57 bits per heavy atom. The zero-order chi connectivity index (χ0) is 21.4. The van der Waals surface area contributed by atoms with Crippen molar-refractivity contribution in [2.75, 3.05) is 5.32 Å². The fourth-order valence-electron chi connectivity index (χ4n) is 2.82. The molecule has 3 heterocycles. The molecule has 1 aliphatic rings. The molecule has 0 spiro atoms. The molecule has 0 saturated heterocycles. The molecular weight excluding hydrogens is 435 g/mol. The van der Waals surface area contributed by atoms with Crippen LogP contribution in [0.15, 0.2) is 34.0 Å². The van der Waals surface area contributed by atoms with Crippen LogP contribution in [0.5, 0.6) is 11.5 Å². The average Bonchev–Trinajstić information content (AvgIpc) is 2.70. The lowest BCUT2D eigenvalue weighted by Crippen LogP contribution is -2.33. The minimum absolute atomic E-state index is 0.0573. The third kappa shape index (κ3) is 3.63. The fourth-order valence-corrected chi connectivity index (χ4v) is 3.38. The number of benzene rings is 1. The van der Waals surface area contributed by atoms with E-state index in [1.54, 1.807) is 12.1 Å². The van der Waals surface area contributed by atoms with Gasteiger partial charge in [-0.3, -0.25) is 14.6 Å². The van der Waals surface area contributed by atoms with Gasteiger partial charge in [-0.15, -0.1) is 5.10 Å². The van der Waals surface area contributed by atoms with Crippen molar-refractivity contribution in [1.29, 1.82) is 5.26 Å². The molecule has 12 heteroatoms. The predicted octanol–water partition coefficient (Wildman–Crippen LogP) is 2.17. The van der Waals surface area contributed by atoms with Gasteiger partial charge in [-0.25, -0.2) is 9.78 Å². The minimum Gasteiger partial charge on any atom is -0.453 e. The van der Waals surface area contributed by atoms with E-state index in [4.69, 9.17) is 33.2 Å². The quantitative estimate of drug-likeness (QED) is 0.629. The maximum Gasteiger partial charge on any atom is 0.349 e. The number of hydrogen-bond acceptors (Lipinski definition) is 7. The first kappa shape index (κ1) is 19.6. The zero-order valence-electron chi connectivity index (χ0n) is 14.9. The van der Waals surface area contributed by atoms with Gasteiger partial charge in [0.2, 0.25) is 11.6 Å². The molecule has 3 aromatic rings. The molecule has 1 amide bonds. The summed E-state index contributed by atoms with van der Waals surface area (Å²) >= 11 is 12.6. The Labute approximate surface area is 177 Å². The van der Waals surface area contributed by atoms with E-state index in [-0.39, 0.29) is 27.4 Å². The topological polar surface area (TPSA) is 143 Å². The van der Waals surface area contributed by atoms with Gasteiger partial charge in [0.05, 0.1) is 21.9 Å². The van der Waals surface area contributed by atoms with Crippen LogP contribution >= 0.6 is 23.2 Å². The molecule has 150 valence electrons. The predicted molar refractivity (Wildman–Crippen MR) is 106 cm³/mol. The van der Waals surface area contributed by atoms with Crippen molar-refractivity contribution >= 4 is 34.9 Å². The number of H-pyrrole nitrogens is 1. The summed E-state index contributed by atoms with van der Waals surface area (Å²) in [7, 11) is 0. The van der Waals surface area contributed by atoms with Gasteiger partial charge in [-0.2, -0.15) is 9.94 Å². The van der Waals surface area contributed by atoms with E-state index in [9.17, 15) is 14.4 Å². The lowest BCUT2D eigenvalue weighted by Gasteiger charge is -2.17. The molecule has 0 atom stereocenters. The monoisotopic (exact) mass is 444 g/mol. The Balaban J connectivity index is 1.70. The molecule has 4 rings (SSSR count). The van der Waals surface area contributed by atoms with E-state index >= 15 is 0 Å². The summed E-state index contributed by atoms with van der Waals surface area (Å²) in [5, 5.41) is 15.4. The van der Waals surface area contributed by atoms with E-state index in [2.05, 4.69) is 15.4 Å². The third-order valence-corrected chi connectivity index (χ3v) is 4.76. The first-order chi connectivity index (χ1) is 14.4. The zero-order valence-corrected chi connectivity index (χ0v) is 16.4. The number of aromatic nitrogens is 4. The largest absolute Gasteiger partial charge is 0.453 e. The SMILES string of the molecule is N#Cc1nn(-c2cc(Cl)c(Oc3cnc4c(c3)CCC(=O)N4)c(Cl)c2)c(=O)[nH]c1=O. The van der Waals surface area contributed by atoms with Gasteiger partial charge in [-0.1, -0.05) is 23.2 Å². The first-order valence-corrected chi connectivity index (χ1v) is 9.21. The number of carbonyl (C=O) groups is 1. The molecule has 0 radical (unpaired) electrons. The number of carbonyl (C=O) groups excluding carboxylic acids is 1. The molecule has 0 unspecified atom stereocenters. The Morgan fingerprint density at radius 1 is 1.13 bits per heavy atom. The summed E-state index contributed by atoms with van der Waals surface area (Å²) in [5.41, 5.74) is -1.31. The number of nitriles is 1. The lowest BCUT2D eigenvalue weighted by atomic mass is 10.1. The van der Waals surface area contributed by atoms with Crippen molar-refractivity contribution in [3.05, 3.63) is 66.5 Å². The van der Waals surface area contributed by atoms with Crippen molar-refractivity contribution in [3.63, 3.8) is 0 Å². The van der Waals surface area contributed by atoms with Crippen molar-refractivity contribution < 1.29 is 9.53 Å². The average molecular weight is 445 g/mol. The second kappa shape index (κ2) is 7.62. The maximum absolute atomic E-state index is 12.0. The molecular formula is C18H10Cl2N6O4. The molecule has 0 bridgehead atoms. The van der Waals surface area contributed by atoms with E-state index in [1.165, 1.54) is 18.3 Å². The van der Waals surface area contributed by atoms with Gasteiger partial charge < -0.3 is 10.1 Å². The number of rotatable bonds is 3. The highest BCUT2D eigenvalue weighted by Crippen LogP contribution is 2.38. The molecule has 30 heavy (non-hydrogen) atoms. The van der Waals surface area contributed by atoms with Gasteiger partial charge >= 0.3 is 5.69 Å². The van der Waals surface area contributed by atoms with Crippen molar-refractivity contribution in [2.45, 2.75) is 12.8 Å². The number of nitrogens with zero attached hydrogens (tertiary/aromatic N) is 4. The molecule has 1 aromatic carbocycles. The van der Waals surface area contributed by atoms with Crippen LogP contribution in [0, 0.1) is 11.3 Å². The molecule has 1 aliphatic heterocycles. The van der Waals surface area contributed by atoms with Crippen LogP contribution in [-0.2, 0) is 11.2 Å². The Morgan fingerprint density at radius 2 is 1.87 bits per heavy atom. The van der Waals surface area contributed by atoms with Gasteiger partial charge in [0.1, 0.15) is 17.6 Å². The summed E-state index contributed by atoms with van der Waals surface area (Å²) in [6.07, 6.45) is 2.28. The standard InChI is InChI=1S/C18H10Cl2N6O4/c19-11-4-9(26-18(29)24-17(28)13(6-21)25-26)5-12(20)15(11)30-10-3-8-1-2-14(27)23-16(8)22-7-10/h3-5,7H,1-2H2,(H,22,23,27)(H,24,28,29). The van der Waals surface area contributed by atoms with Crippen LogP contribution in [0.4, 0.5) is 5.82 Å². The summed E-state index contributed by atoms with van der Waals surface area (Å²) in [6.45, 7) is 0. The van der Waals surface area contributed by atoms with E-state index in [0.29, 0.717) is 24.4 Å². The fraction of sp³-hybridized carbons (Fsp3) is 0.111. The highest BCUT2D eigenvalue weighted by molar-refractivity contribution is 6.37. The van der Waals surface area contributed by atoms with Crippen LogP contribution < -0.4 is 21.3 Å². The molecule has 2 N–H and O–H groups in total. The number of ether oxygens (including phenoxy) is 1. The van der Waals surface area contributed by atoms with Crippen LogP contribution in [0.2, 0.25) is 10.0 Å². The normalized spacial score (nSPS) is 12.6. The Hall–Kier alpha value is -3.68. The first-order valence-electron chi connectivity index (χ1n) is 8.45. The molecule has 0 fully saturated rings. The Bertz CT molecular complexity index is 1330. The number of amides is 1. The number of pyridine rings is 1. The van der Waals surface area contributed by atoms with E-state index < -0.39 is 16.9 Å². The Kier molecular flexibility index (Phi) is 4.99. The van der Waals surface area contributed by atoms with Crippen LogP contribution in [0.3, 0.4) is 0 Å². The van der Waals surface area contributed by atoms with Crippen molar-refractivity contribution in [2.24, 2.45) is 0 Å². The molecule has 10 nitrogen and oxygen atoms in total. The number of fused-ring (bicyclic) bond motifs is 1. The molecule has 0 saturated carbocycles. The molecule has 2 aromatic heterocycles. The minimum atomic E-state index is -0.896. The summed E-state index contributed by atoms with van der Waals surface area (Å²) < 4.78 is 6.56. The van der Waals surface area contributed by atoms with Gasteiger partial charge in [-0.05, 0) is 30.2 Å². The van der Waals surface area contributed by atoms with Crippen molar-refractivity contribution in [1.82, 2.24) is 19.7 Å².